The number of anilines is 1. The normalized spacial score (nSPS) is 23.7. The van der Waals surface area contributed by atoms with Crippen molar-refractivity contribution in [2.45, 2.75) is 88.9 Å². The zero-order chi connectivity index (χ0) is 27.4. The number of fused-ring (bicyclic) bond motifs is 1. The Labute approximate surface area is 228 Å². The predicted octanol–water partition coefficient (Wildman–Crippen LogP) is 4.44. The van der Waals surface area contributed by atoms with Crippen molar-refractivity contribution in [3.8, 4) is 0 Å². The molecule has 4 atom stereocenters. The van der Waals surface area contributed by atoms with Crippen LogP contribution in [0, 0.1) is 5.41 Å². The lowest BCUT2D eigenvalue weighted by Gasteiger charge is -2.33. The molecule has 6 N–H and O–H groups in total. The van der Waals surface area contributed by atoms with E-state index in [1.165, 1.54) is 24.9 Å². The van der Waals surface area contributed by atoms with Crippen LogP contribution in [0.3, 0.4) is 0 Å². The minimum atomic E-state index is -0.709. The number of nitrogens with two attached hydrogens (primary N) is 2. The van der Waals surface area contributed by atoms with Gasteiger partial charge in [0.2, 0.25) is 0 Å². The summed E-state index contributed by atoms with van der Waals surface area (Å²) in [6, 6.07) is 6.17. The number of amides is 1. The van der Waals surface area contributed by atoms with E-state index in [4.69, 9.17) is 36.3 Å². The van der Waals surface area contributed by atoms with Gasteiger partial charge in [-0.05, 0) is 58.6 Å². The molecule has 4 rings (SSSR count). The molecule has 1 amide bonds. The lowest BCUT2D eigenvalue weighted by molar-refractivity contribution is 0.0201. The summed E-state index contributed by atoms with van der Waals surface area (Å²) in [6.45, 7) is 6.60. The number of hydrogen-bond acceptors (Lipinski definition) is 9. The number of aliphatic imine (C=N–C) groups is 1. The maximum atomic E-state index is 12.6. The summed E-state index contributed by atoms with van der Waals surface area (Å²) in [5.74, 6) is -0.469. The Morgan fingerprint density at radius 1 is 1.26 bits per heavy atom. The van der Waals surface area contributed by atoms with Gasteiger partial charge >= 0.3 is 6.09 Å². The third-order valence-corrected chi connectivity index (χ3v) is 8.09. The van der Waals surface area contributed by atoms with Gasteiger partial charge in [0.1, 0.15) is 27.9 Å². The molecule has 2 aliphatic rings. The van der Waals surface area contributed by atoms with E-state index in [2.05, 4.69) is 5.32 Å². The van der Waals surface area contributed by atoms with E-state index in [1.54, 1.807) is 4.90 Å². The van der Waals surface area contributed by atoms with Gasteiger partial charge < -0.3 is 31.2 Å². The fourth-order valence-corrected chi connectivity index (χ4v) is 6.18. The van der Waals surface area contributed by atoms with Crippen molar-refractivity contribution >= 4 is 45.1 Å². The van der Waals surface area contributed by atoms with Crippen LogP contribution in [-0.2, 0) is 9.47 Å². The van der Waals surface area contributed by atoms with E-state index in [9.17, 15) is 4.79 Å². The maximum Gasteiger partial charge on any atom is 0.410 e. The molecule has 1 saturated carbocycles. The van der Waals surface area contributed by atoms with E-state index in [0.29, 0.717) is 18.1 Å². The smallest absolute Gasteiger partial charge is 0.410 e. The highest BCUT2D eigenvalue weighted by molar-refractivity contribution is 7.19. The second-order valence-corrected chi connectivity index (χ2v) is 12.2. The number of nitrogens with zero attached hydrogens (tertiary/aromatic N) is 3. The zero-order valence-electron chi connectivity index (χ0n) is 22.8. The van der Waals surface area contributed by atoms with E-state index >= 15 is 0 Å². The predicted molar refractivity (Wildman–Crippen MR) is 153 cm³/mol. The summed E-state index contributed by atoms with van der Waals surface area (Å²) in [4.78, 5) is 24.0. The Morgan fingerprint density at radius 3 is 2.74 bits per heavy atom. The number of piperidine rings is 1. The van der Waals surface area contributed by atoms with Gasteiger partial charge in [0, 0.05) is 25.2 Å². The average molecular weight is 544 g/mol. The first-order valence-corrected chi connectivity index (χ1v) is 14.2. The number of para-hydroxylation sites is 1. The lowest BCUT2D eigenvalue weighted by atomic mass is 9.91. The van der Waals surface area contributed by atoms with Crippen molar-refractivity contribution in [1.82, 2.24) is 9.88 Å². The van der Waals surface area contributed by atoms with Crippen LogP contribution in [0.5, 0.6) is 0 Å². The van der Waals surface area contributed by atoms with Crippen molar-refractivity contribution < 1.29 is 14.3 Å². The van der Waals surface area contributed by atoms with E-state index < -0.39 is 11.5 Å². The zero-order valence-corrected chi connectivity index (χ0v) is 23.6. The summed E-state index contributed by atoms with van der Waals surface area (Å²) in [5, 5.41) is 12.8. The van der Waals surface area contributed by atoms with Crippen LogP contribution in [0.1, 0.15) is 70.2 Å². The molecule has 208 valence electrons. The Morgan fingerprint density at radius 2 is 2.03 bits per heavy atom. The standard InChI is InChI=1S/C27H41N7O3S/c1-27(2,3)37-26(35)34-14-8-9-16(15-34)31-23(29)21(24(30)36-4)25-33-22-19(12-7-13-20(22)38-25)32-18-11-6-5-10-17(18)28/h7,12-13,16-18,21,30,32H,5-6,8-11,14-15,28H2,1-4H3,(H2,29,31). The van der Waals surface area contributed by atoms with Crippen LogP contribution in [0.2, 0.25) is 0 Å². The Bertz CT molecular complexity index is 1180. The number of hydrogen-bond donors (Lipinski definition) is 4. The molecule has 38 heavy (non-hydrogen) atoms. The number of thiazole rings is 1. The van der Waals surface area contributed by atoms with Crippen molar-refractivity contribution in [3.63, 3.8) is 0 Å². The van der Waals surface area contributed by atoms with Crippen LogP contribution in [-0.4, -0.2) is 71.6 Å². The molecule has 10 nitrogen and oxygen atoms in total. The van der Waals surface area contributed by atoms with Gasteiger partial charge in [0.15, 0.2) is 5.90 Å². The molecule has 0 bridgehead atoms. The lowest BCUT2D eigenvalue weighted by Crippen LogP contribution is -2.45. The fraction of sp³-hybridized carbons (Fsp3) is 0.630. The van der Waals surface area contributed by atoms with Gasteiger partial charge in [-0.3, -0.25) is 10.4 Å². The molecule has 0 radical (unpaired) electrons. The molecule has 4 unspecified atom stereocenters. The van der Waals surface area contributed by atoms with Crippen LogP contribution in [0.15, 0.2) is 23.2 Å². The van der Waals surface area contributed by atoms with Gasteiger partial charge in [-0.15, -0.1) is 11.3 Å². The molecular formula is C27H41N7O3S. The fourth-order valence-electron chi connectivity index (χ4n) is 5.07. The molecule has 0 spiro atoms. The minimum Gasteiger partial charge on any atom is -0.484 e. The van der Waals surface area contributed by atoms with E-state index in [-0.39, 0.29) is 36.0 Å². The molecule has 2 heterocycles. The number of aromatic nitrogens is 1. The number of amidine groups is 1. The highest BCUT2D eigenvalue weighted by Gasteiger charge is 2.31. The van der Waals surface area contributed by atoms with Crippen molar-refractivity contribution in [2.24, 2.45) is 16.5 Å². The van der Waals surface area contributed by atoms with Crippen molar-refractivity contribution in [3.05, 3.63) is 23.2 Å². The molecular weight excluding hydrogens is 502 g/mol. The first kappa shape index (κ1) is 28.1. The Balaban J connectivity index is 1.57. The summed E-state index contributed by atoms with van der Waals surface area (Å²) >= 11 is 1.48. The number of benzene rings is 1. The third kappa shape index (κ3) is 6.74. The molecule has 2 aromatic rings. The van der Waals surface area contributed by atoms with E-state index in [1.807, 2.05) is 39.0 Å². The molecule has 1 aromatic carbocycles. The molecule has 1 aliphatic heterocycles. The molecule has 1 aromatic heterocycles. The Kier molecular flexibility index (Phi) is 8.77. The molecule has 1 saturated heterocycles. The summed E-state index contributed by atoms with van der Waals surface area (Å²) in [5.41, 5.74) is 14.1. The van der Waals surface area contributed by atoms with Gasteiger partial charge in [0.25, 0.3) is 0 Å². The number of nitrogens with one attached hydrogen (secondary N) is 2. The van der Waals surface area contributed by atoms with Crippen LogP contribution < -0.4 is 16.8 Å². The highest BCUT2D eigenvalue weighted by atomic mass is 32.1. The number of carbonyl (C=O) groups is 1. The largest absolute Gasteiger partial charge is 0.484 e. The van der Waals surface area contributed by atoms with Gasteiger partial charge in [-0.2, -0.15) is 0 Å². The SMILES string of the molecule is COC(=N)C(C(N)=NC1CCCN(C(=O)OC(C)(C)C)C1)c1nc2c(NC3CCCCC3N)cccc2s1. The maximum absolute atomic E-state index is 12.6. The van der Waals surface area contributed by atoms with Crippen molar-refractivity contribution in [1.29, 1.82) is 5.41 Å². The summed E-state index contributed by atoms with van der Waals surface area (Å²) in [7, 11) is 1.46. The topological polar surface area (TPSA) is 152 Å². The van der Waals surface area contributed by atoms with E-state index in [0.717, 1.165) is 48.0 Å². The van der Waals surface area contributed by atoms with Gasteiger partial charge in [0.05, 0.1) is 23.5 Å². The number of carbonyl (C=O) groups excluding carboxylic acids is 1. The average Bonchev–Trinajstić information content (AvgIpc) is 3.29. The van der Waals surface area contributed by atoms with Crippen LogP contribution >= 0.6 is 11.3 Å². The second-order valence-electron chi connectivity index (χ2n) is 11.2. The quantitative estimate of drug-likeness (QED) is 0.310. The molecule has 1 aliphatic carbocycles. The Hall–Kier alpha value is -2.92. The number of rotatable bonds is 6. The number of likely N-dealkylation sites (tertiary alicyclic amines) is 1. The van der Waals surface area contributed by atoms with Crippen molar-refractivity contribution in [2.75, 3.05) is 25.5 Å². The second kappa shape index (κ2) is 11.9. The first-order valence-electron chi connectivity index (χ1n) is 13.4. The molecule has 11 heteroatoms. The van der Waals surface area contributed by atoms with Crippen LogP contribution in [0.25, 0.3) is 10.2 Å². The van der Waals surface area contributed by atoms with Gasteiger partial charge in [-0.25, -0.2) is 9.78 Å². The highest BCUT2D eigenvalue weighted by Crippen LogP contribution is 2.34. The number of methoxy groups -OCH3 is 1. The van der Waals surface area contributed by atoms with Crippen LogP contribution in [0.4, 0.5) is 10.5 Å². The number of ether oxygens (including phenoxy) is 2. The summed E-state index contributed by atoms with van der Waals surface area (Å²) in [6.07, 6.45) is 5.63. The minimum absolute atomic E-state index is 0.0195. The van der Waals surface area contributed by atoms with Gasteiger partial charge in [-0.1, -0.05) is 18.9 Å². The third-order valence-electron chi connectivity index (χ3n) is 7.00. The summed E-state index contributed by atoms with van der Waals surface area (Å²) < 4.78 is 11.9. The first-order chi connectivity index (χ1) is 18.1. The molecule has 2 fully saturated rings. The monoisotopic (exact) mass is 543 g/mol.